The Morgan fingerprint density at radius 1 is 1.00 bits per heavy atom. The first-order chi connectivity index (χ1) is 10.3. The van der Waals surface area contributed by atoms with Crippen LogP contribution in [0.5, 0.6) is 0 Å². The van der Waals surface area contributed by atoms with E-state index in [1.54, 1.807) is 16.8 Å². The number of hydrogen-bond acceptors (Lipinski definition) is 3. The van der Waals surface area contributed by atoms with E-state index in [1.165, 1.54) is 7.11 Å². The fraction of sp³-hybridized carbons (Fsp3) is 0.0588. The molecule has 0 saturated carbocycles. The number of benzene rings is 2. The minimum Gasteiger partial charge on any atom is -0.465 e. The first kappa shape index (κ1) is 13.1. The van der Waals surface area contributed by atoms with E-state index < -0.39 is 0 Å². The molecule has 0 atom stereocenters. The van der Waals surface area contributed by atoms with Crippen LogP contribution in [0.25, 0.3) is 16.9 Å². The molecule has 0 saturated heterocycles. The summed E-state index contributed by atoms with van der Waals surface area (Å²) in [6.07, 6.45) is 1.90. The number of rotatable bonds is 3. The van der Waals surface area contributed by atoms with Crippen LogP contribution in [0.2, 0.25) is 0 Å². The molecular weight excluding hydrogens is 264 g/mol. The highest BCUT2D eigenvalue weighted by Gasteiger charge is 2.06. The predicted octanol–water partition coefficient (Wildman–Crippen LogP) is 3.33. The van der Waals surface area contributed by atoms with Crippen LogP contribution in [-0.4, -0.2) is 22.9 Å². The molecular formula is C17H14N2O2. The molecule has 0 aliphatic heterocycles. The van der Waals surface area contributed by atoms with E-state index in [0.717, 1.165) is 16.9 Å². The van der Waals surface area contributed by atoms with Crippen molar-refractivity contribution in [2.24, 2.45) is 0 Å². The molecule has 1 aromatic heterocycles. The van der Waals surface area contributed by atoms with E-state index >= 15 is 0 Å². The lowest BCUT2D eigenvalue weighted by Gasteiger charge is -2.03. The Morgan fingerprint density at radius 2 is 1.71 bits per heavy atom. The van der Waals surface area contributed by atoms with Crippen LogP contribution in [0, 0.1) is 0 Å². The Kier molecular flexibility index (Phi) is 3.51. The third-order valence-electron chi connectivity index (χ3n) is 3.21. The third-order valence-corrected chi connectivity index (χ3v) is 3.21. The SMILES string of the molecule is COC(=O)c1ccc(-n2ccc(-c3ccccc3)n2)cc1. The van der Waals surface area contributed by atoms with Gasteiger partial charge < -0.3 is 4.74 Å². The van der Waals surface area contributed by atoms with Gasteiger partial charge in [0.1, 0.15) is 0 Å². The fourth-order valence-corrected chi connectivity index (χ4v) is 2.10. The normalized spacial score (nSPS) is 10.3. The van der Waals surface area contributed by atoms with Crippen molar-refractivity contribution in [3.05, 3.63) is 72.4 Å². The van der Waals surface area contributed by atoms with Gasteiger partial charge >= 0.3 is 5.97 Å². The molecule has 0 aliphatic carbocycles. The maximum absolute atomic E-state index is 11.4. The summed E-state index contributed by atoms with van der Waals surface area (Å²) >= 11 is 0. The number of hydrogen-bond donors (Lipinski definition) is 0. The smallest absolute Gasteiger partial charge is 0.337 e. The minimum atomic E-state index is -0.341. The highest BCUT2D eigenvalue weighted by atomic mass is 16.5. The molecule has 0 amide bonds. The molecule has 0 N–H and O–H groups in total. The summed E-state index contributed by atoms with van der Waals surface area (Å²) in [5, 5.41) is 4.55. The highest BCUT2D eigenvalue weighted by Crippen LogP contribution is 2.18. The highest BCUT2D eigenvalue weighted by molar-refractivity contribution is 5.89. The van der Waals surface area contributed by atoms with Gasteiger partial charge in [-0.25, -0.2) is 9.48 Å². The average Bonchev–Trinajstić information content (AvgIpc) is 3.05. The van der Waals surface area contributed by atoms with Crippen LogP contribution in [0.3, 0.4) is 0 Å². The number of esters is 1. The summed E-state index contributed by atoms with van der Waals surface area (Å²) in [5.74, 6) is -0.341. The summed E-state index contributed by atoms with van der Waals surface area (Å²) in [4.78, 5) is 11.4. The molecule has 3 rings (SSSR count). The van der Waals surface area contributed by atoms with E-state index in [4.69, 9.17) is 0 Å². The van der Waals surface area contributed by atoms with Gasteiger partial charge in [-0.3, -0.25) is 0 Å². The van der Waals surface area contributed by atoms with Gasteiger partial charge in [0, 0.05) is 11.8 Å². The molecule has 0 spiro atoms. The Morgan fingerprint density at radius 3 is 2.38 bits per heavy atom. The largest absolute Gasteiger partial charge is 0.465 e. The number of nitrogens with zero attached hydrogens (tertiary/aromatic N) is 2. The van der Waals surface area contributed by atoms with Crippen molar-refractivity contribution in [1.29, 1.82) is 0 Å². The van der Waals surface area contributed by atoms with Gasteiger partial charge in [0.2, 0.25) is 0 Å². The first-order valence-electron chi connectivity index (χ1n) is 6.58. The lowest BCUT2D eigenvalue weighted by Crippen LogP contribution is -2.02. The van der Waals surface area contributed by atoms with Crippen LogP contribution >= 0.6 is 0 Å². The van der Waals surface area contributed by atoms with Gasteiger partial charge in [-0.15, -0.1) is 0 Å². The molecule has 3 aromatic rings. The maximum Gasteiger partial charge on any atom is 0.337 e. The van der Waals surface area contributed by atoms with Crippen LogP contribution in [0.15, 0.2) is 66.9 Å². The molecule has 0 bridgehead atoms. The second-order valence-electron chi connectivity index (χ2n) is 4.55. The van der Waals surface area contributed by atoms with Gasteiger partial charge in [0.15, 0.2) is 0 Å². The van der Waals surface area contributed by atoms with Crippen molar-refractivity contribution in [3.63, 3.8) is 0 Å². The molecule has 2 aromatic carbocycles. The summed E-state index contributed by atoms with van der Waals surface area (Å²) in [5.41, 5.74) is 3.40. The second-order valence-corrected chi connectivity index (χ2v) is 4.55. The molecule has 0 unspecified atom stereocenters. The summed E-state index contributed by atoms with van der Waals surface area (Å²) in [6, 6.07) is 19.1. The van der Waals surface area contributed by atoms with Gasteiger partial charge in [-0.2, -0.15) is 5.10 Å². The minimum absolute atomic E-state index is 0.341. The molecule has 0 fully saturated rings. The van der Waals surface area contributed by atoms with E-state index in [9.17, 15) is 4.79 Å². The van der Waals surface area contributed by atoms with Crippen molar-refractivity contribution < 1.29 is 9.53 Å². The molecule has 21 heavy (non-hydrogen) atoms. The first-order valence-corrected chi connectivity index (χ1v) is 6.58. The predicted molar refractivity (Wildman–Crippen MR) is 80.3 cm³/mol. The van der Waals surface area contributed by atoms with Gasteiger partial charge in [0.25, 0.3) is 0 Å². The summed E-state index contributed by atoms with van der Waals surface area (Å²) in [6.45, 7) is 0. The second kappa shape index (κ2) is 5.63. The van der Waals surface area contributed by atoms with E-state index in [-0.39, 0.29) is 5.97 Å². The van der Waals surface area contributed by atoms with E-state index in [1.807, 2.05) is 54.7 Å². The van der Waals surface area contributed by atoms with Crippen molar-refractivity contribution in [1.82, 2.24) is 9.78 Å². The van der Waals surface area contributed by atoms with Crippen LogP contribution in [0.4, 0.5) is 0 Å². The lowest BCUT2D eigenvalue weighted by molar-refractivity contribution is 0.0601. The monoisotopic (exact) mass is 278 g/mol. The molecule has 4 nitrogen and oxygen atoms in total. The zero-order valence-corrected chi connectivity index (χ0v) is 11.6. The third kappa shape index (κ3) is 2.69. The number of carbonyl (C=O) groups excluding carboxylic acids is 1. The van der Waals surface area contributed by atoms with E-state index in [0.29, 0.717) is 5.56 Å². The van der Waals surface area contributed by atoms with Crippen molar-refractivity contribution in [2.75, 3.05) is 7.11 Å². The van der Waals surface area contributed by atoms with Crippen LogP contribution < -0.4 is 0 Å². The van der Waals surface area contributed by atoms with Crippen LogP contribution in [0.1, 0.15) is 10.4 Å². The number of ether oxygens (including phenoxy) is 1. The Hall–Kier alpha value is -2.88. The van der Waals surface area contributed by atoms with Gasteiger partial charge in [-0.1, -0.05) is 30.3 Å². The zero-order valence-electron chi connectivity index (χ0n) is 11.6. The van der Waals surface area contributed by atoms with Crippen molar-refractivity contribution in [2.45, 2.75) is 0 Å². The molecule has 1 heterocycles. The van der Waals surface area contributed by atoms with Crippen molar-refractivity contribution >= 4 is 5.97 Å². The summed E-state index contributed by atoms with van der Waals surface area (Å²) in [7, 11) is 1.37. The van der Waals surface area contributed by atoms with E-state index in [2.05, 4.69) is 9.84 Å². The number of methoxy groups -OCH3 is 1. The number of aromatic nitrogens is 2. The van der Waals surface area contributed by atoms with Crippen molar-refractivity contribution in [3.8, 4) is 16.9 Å². The number of carbonyl (C=O) groups is 1. The molecule has 0 radical (unpaired) electrons. The topological polar surface area (TPSA) is 44.1 Å². The molecule has 4 heteroatoms. The van der Waals surface area contributed by atoms with Crippen LogP contribution in [-0.2, 0) is 4.74 Å². The summed E-state index contributed by atoms with van der Waals surface area (Å²) < 4.78 is 6.46. The Balaban J connectivity index is 1.88. The Labute approximate surface area is 122 Å². The molecule has 104 valence electrons. The fourth-order valence-electron chi connectivity index (χ4n) is 2.10. The lowest BCUT2D eigenvalue weighted by atomic mass is 10.2. The van der Waals surface area contributed by atoms with Gasteiger partial charge in [0.05, 0.1) is 24.1 Å². The standard InChI is InChI=1S/C17H14N2O2/c1-21-17(20)14-7-9-15(10-8-14)19-12-11-16(18-19)13-5-3-2-4-6-13/h2-12H,1H3. The maximum atomic E-state index is 11.4. The average molecular weight is 278 g/mol. The quantitative estimate of drug-likeness (QED) is 0.690. The van der Waals surface area contributed by atoms with Gasteiger partial charge in [-0.05, 0) is 30.3 Å². The molecule has 0 aliphatic rings. The zero-order chi connectivity index (χ0) is 14.7. The Bertz CT molecular complexity index is 746.